The number of hydrogen-bond acceptors (Lipinski definition) is 3. The fraction of sp³-hybridized carbons (Fsp3) is 1.00. The van der Waals surface area contributed by atoms with Crippen molar-refractivity contribution in [2.75, 3.05) is 32.7 Å². The van der Waals surface area contributed by atoms with Crippen molar-refractivity contribution in [1.29, 1.82) is 0 Å². The molecule has 0 radical (unpaired) electrons. The van der Waals surface area contributed by atoms with Gasteiger partial charge in [0, 0.05) is 36.7 Å². The van der Waals surface area contributed by atoms with Gasteiger partial charge in [0.2, 0.25) is 0 Å². The molecule has 0 aromatic carbocycles. The van der Waals surface area contributed by atoms with Gasteiger partial charge < -0.3 is 5.32 Å². The van der Waals surface area contributed by atoms with Crippen molar-refractivity contribution in [3.05, 3.63) is 0 Å². The van der Waals surface area contributed by atoms with E-state index in [4.69, 9.17) is 0 Å². The first-order valence-electron chi connectivity index (χ1n) is 7.31. The van der Waals surface area contributed by atoms with Crippen molar-refractivity contribution in [1.82, 2.24) is 10.2 Å². The van der Waals surface area contributed by atoms with Gasteiger partial charge >= 0.3 is 0 Å². The van der Waals surface area contributed by atoms with Gasteiger partial charge in [0.1, 0.15) is 0 Å². The zero-order valence-electron chi connectivity index (χ0n) is 11.9. The molecule has 3 heteroatoms. The van der Waals surface area contributed by atoms with E-state index in [2.05, 4.69) is 42.7 Å². The molecule has 1 saturated heterocycles. The number of nitrogens with one attached hydrogen (secondary N) is 1. The van der Waals surface area contributed by atoms with E-state index in [1.807, 2.05) is 0 Å². The van der Waals surface area contributed by atoms with E-state index in [-0.39, 0.29) is 0 Å². The summed E-state index contributed by atoms with van der Waals surface area (Å²) in [5.74, 6) is 0. The lowest BCUT2D eigenvalue weighted by Gasteiger charge is -2.34. The minimum absolute atomic E-state index is 0.809. The Balaban J connectivity index is 1.95. The second-order valence-corrected chi connectivity index (χ2v) is 7.21. The van der Waals surface area contributed by atoms with Gasteiger partial charge in [0.25, 0.3) is 0 Å². The van der Waals surface area contributed by atoms with Gasteiger partial charge in [-0.3, -0.25) is 4.90 Å². The first kappa shape index (κ1) is 15.3. The van der Waals surface area contributed by atoms with Crippen LogP contribution in [-0.2, 0) is 0 Å². The molecule has 1 aliphatic heterocycles. The van der Waals surface area contributed by atoms with Crippen LogP contribution in [0.4, 0.5) is 0 Å². The summed E-state index contributed by atoms with van der Waals surface area (Å²) in [6.45, 7) is 13.1. The van der Waals surface area contributed by atoms with Crippen LogP contribution in [0.25, 0.3) is 0 Å². The predicted molar refractivity (Wildman–Crippen MR) is 80.0 cm³/mol. The molecule has 1 aliphatic rings. The van der Waals surface area contributed by atoms with Crippen LogP contribution >= 0.6 is 11.8 Å². The Morgan fingerprint density at radius 1 is 1.06 bits per heavy atom. The molecule has 2 unspecified atom stereocenters. The van der Waals surface area contributed by atoms with Crippen molar-refractivity contribution < 1.29 is 0 Å². The predicted octanol–water partition coefficient (Wildman–Crippen LogP) is 2.98. The highest BCUT2D eigenvalue weighted by atomic mass is 32.2. The van der Waals surface area contributed by atoms with E-state index in [9.17, 15) is 0 Å². The smallest absolute Gasteiger partial charge is 0.0149 e. The largest absolute Gasteiger partial charge is 0.315 e. The monoisotopic (exact) mass is 258 g/mol. The molecule has 0 saturated carbocycles. The molecule has 1 heterocycles. The van der Waals surface area contributed by atoms with Crippen LogP contribution in [0.5, 0.6) is 0 Å². The lowest BCUT2D eigenvalue weighted by atomic mass is 10.2. The summed E-state index contributed by atoms with van der Waals surface area (Å²) in [5, 5.41) is 5.19. The molecule has 17 heavy (non-hydrogen) atoms. The molecular weight excluding hydrogens is 228 g/mol. The van der Waals surface area contributed by atoms with Crippen molar-refractivity contribution >= 4 is 11.8 Å². The molecule has 2 nitrogen and oxygen atoms in total. The normalized spacial score (nSPS) is 26.3. The van der Waals surface area contributed by atoms with Gasteiger partial charge in [-0.25, -0.2) is 0 Å². The maximum absolute atomic E-state index is 3.57. The third-order valence-electron chi connectivity index (χ3n) is 3.31. The topological polar surface area (TPSA) is 15.3 Å². The number of hydrogen-bond donors (Lipinski definition) is 1. The zero-order valence-corrected chi connectivity index (χ0v) is 12.7. The van der Waals surface area contributed by atoms with E-state index in [0.29, 0.717) is 0 Å². The van der Waals surface area contributed by atoms with E-state index >= 15 is 0 Å². The summed E-state index contributed by atoms with van der Waals surface area (Å²) < 4.78 is 0. The van der Waals surface area contributed by atoms with Gasteiger partial charge in [-0.1, -0.05) is 40.0 Å². The highest BCUT2D eigenvalue weighted by molar-refractivity contribution is 8.00. The van der Waals surface area contributed by atoms with E-state index in [0.717, 1.165) is 17.0 Å². The Hall–Kier alpha value is 0.270. The van der Waals surface area contributed by atoms with Gasteiger partial charge in [0.15, 0.2) is 0 Å². The summed E-state index contributed by atoms with van der Waals surface area (Å²) in [4.78, 5) is 2.62. The molecule has 2 atom stereocenters. The number of nitrogens with zero attached hydrogens (tertiary/aromatic N) is 1. The van der Waals surface area contributed by atoms with E-state index in [1.165, 1.54) is 51.9 Å². The van der Waals surface area contributed by atoms with Crippen LogP contribution in [0.15, 0.2) is 0 Å². The van der Waals surface area contributed by atoms with Crippen molar-refractivity contribution in [3.63, 3.8) is 0 Å². The molecular formula is C14H30N2S. The summed E-state index contributed by atoms with van der Waals surface area (Å²) >= 11 is 2.14. The summed E-state index contributed by atoms with van der Waals surface area (Å²) in [7, 11) is 0. The summed E-state index contributed by atoms with van der Waals surface area (Å²) in [6.07, 6.45) is 5.45. The van der Waals surface area contributed by atoms with Gasteiger partial charge in [-0.15, -0.1) is 0 Å². The van der Waals surface area contributed by atoms with E-state index in [1.54, 1.807) is 0 Å². The Kier molecular flexibility index (Phi) is 8.33. The second-order valence-electron chi connectivity index (χ2n) is 5.33. The van der Waals surface area contributed by atoms with Crippen LogP contribution in [-0.4, -0.2) is 48.1 Å². The Morgan fingerprint density at radius 3 is 2.41 bits per heavy atom. The molecule has 0 aliphatic carbocycles. The van der Waals surface area contributed by atoms with Crippen molar-refractivity contribution in [2.24, 2.45) is 0 Å². The first-order valence-corrected chi connectivity index (χ1v) is 8.25. The minimum atomic E-state index is 0.809. The Bertz CT molecular complexity index is 177. The molecule has 0 aromatic rings. The van der Waals surface area contributed by atoms with Crippen LogP contribution in [0.3, 0.4) is 0 Å². The summed E-state index contributed by atoms with van der Waals surface area (Å²) in [6, 6.07) is 0. The molecule has 102 valence electrons. The minimum Gasteiger partial charge on any atom is -0.315 e. The lowest BCUT2D eigenvalue weighted by Crippen LogP contribution is -2.43. The van der Waals surface area contributed by atoms with Gasteiger partial charge in [-0.2, -0.15) is 11.8 Å². The maximum Gasteiger partial charge on any atom is 0.0149 e. The second kappa shape index (κ2) is 9.23. The van der Waals surface area contributed by atoms with E-state index < -0.39 is 0 Å². The fourth-order valence-corrected chi connectivity index (χ4v) is 3.89. The SMILES string of the molecule is CCCCCCNCCN1CC(C)SC(C)C1. The van der Waals surface area contributed by atoms with Gasteiger partial charge in [-0.05, 0) is 13.0 Å². The highest BCUT2D eigenvalue weighted by Crippen LogP contribution is 2.24. The molecule has 0 bridgehead atoms. The molecule has 1 N–H and O–H groups in total. The first-order chi connectivity index (χ1) is 8.22. The molecule has 0 spiro atoms. The average Bonchev–Trinajstić information content (AvgIpc) is 2.26. The Labute approximate surface area is 112 Å². The molecule has 1 fully saturated rings. The standard InChI is InChI=1S/C14H30N2S/c1-4-5-6-7-8-15-9-10-16-11-13(2)17-14(3)12-16/h13-15H,4-12H2,1-3H3. The van der Waals surface area contributed by atoms with Crippen LogP contribution in [0, 0.1) is 0 Å². The Morgan fingerprint density at radius 2 is 1.76 bits per heavy atom. The fourth-order valence-electron chi connectivity index (χ4n) is 2.51. The third kappa shape index (κ3) is 7.32. The molecule has 0 amide bonds. The third-order valence-corrected chi connectivity index (χ3v) is 4.53. The average molecular weight is 258 g/mol. The van der Waals surface area contributed by atoms with Crippen LogP contribution in [0.2, 0.25) is 0 Å². The highest BCUT2D eigenvalue weighted by Gasteiger charge is 2.21. The van der Waals surface area contributed by atoms with Crippen molar-refractivity contribution in [3.8, 4) is 0 Å². The lowest BCUT2D eigenvalue weighted by molar-refractivity contribution is 0.270. The van der Waals surface area contributed by atoms with Crippen LogP contribution in [0.1, 0.15) is 46.5 Å². The number of thioether (sulfide) groups is 1. The van der Waals surface area contributed by atoms with Gasteiger partial charge in [0.05, 0.1) is 0 Å². The summed E-state index contributed by atoms with van der Waals surface area (Å²) in [5.41, 5.74) is 0. The quantitative estimate of drug-likeness (QED) is 0.674. The molecule has 1 rings (SSSR count). The molecule has 0 aromatic heterocycles. The number of unbranched alkanes of at least 4 members (excludes halogenated alkanes) is 3. The maximum atomic E-state index is 3.57. The van der Waals surface area contributed by atoms with Crippen LogP contribution < -0.4 is 5.32 Å². The zero-order chi connectivity index (χ0) is 12.5. The number of rotatable bonds is 8. The van der Waals surface area contributed by atoms with Crippen molar-refractivity contribution in [2.45, 2.75) is 57.0 Å².